The van der Waals surface area contributed by atoms with E-state index in [0.717, 1.165) is 0 Å². The molecule has 98 valence electrons. The average Bonchev–Trinajstić information content (AvgIpc) is 2.63. The number of nitrogens with zero attached hydrogens (tertiary/aromatic N) is 1. The van der Waals surface area contributed by atoms with Gasteiger partial charge in [0.2, 0.25) is 0 Å². The molecule has 0 bridgehead atoms. The monoisotopic (exact) mass is 253 g/mol. The molecule has 1 aliphatic rings. The third-order valence-corrected chi connectivity index (χ3v) is 2.92. The molecule has 0 saturated carbocycles. The van der Waals surface area contributed by atoms with Gasteiger partial charge in [-0.1, -0.05) is 50.1 Å². The van der Waals surface area contributed by atoms with E-state index >= 15 is 0 Å². The Morgan fingerprint density at radius 2 is 2.00 bits per heavy atom. The van der Waals surface area contributed by atoms with Crippen molar-refractivity contribution in [3.05, 3.63) is 35.9 Å². The second kappa shape index (κ2) is 6.69. The smallest absolute Gasteiger partial charge is 0.179 e. The molecule has 0 aromatic heterocycles. The Morgan fingerprint density at radius 1 is 1.33 bits per heavy atom. The maximum Gasteiger partial charge on any atom is 0.179 e. The molecule has 0 N–H and O–H groups in total. The van der Waals surface area contributed by atoms with Gasteiger partial charge in [-0.05, 0) is 32.2 Å². The molecule has 1 fully saturated rings. The first-order chi connectivity index (χ1) is 11.8. The highest BCUT2D eigenvalue weighted by Gasteiger charge is 2.27. The Morgan fingerprint density at radius 3 is 2.61 bits per heavy atom. The minimum atomic E-state index is -3.13. The molecule has 1 aromatic carbocycles. The van der Waals surface area contributed by atoms with Gasteiger partial charge in [0.15, 0.2) is 5.78 Å². The first-order valence-electron chi connectivity index (χ1n) is 10.2. The summed E-state index contributed by atoms with van der Waals surface area (Å²) < 4.78 is 64.3. The quantitative estimate of drug-likeness (QED) is 0.723. The van der Waals surface area contributed by atoms with Gasteiger partial charge in [-0.15, -0.1) is 0 Å². The van der Waals surface area contributed by atoms with Crippen molar-refractivity contribution in [2.24, 2.45) is 0 Å². The molecule has 0 spiro atoms. The van der Waals surface area contributed by atoms with Crippen LogP contribution in [0.2, 0.25) is 0 Å². The van der Waals surface area contributed by atoms with Gasteiger partial charge in [-0.3, -0.25) is 9.69 Å². The van der Waals surface area contributed by atoms with Crippen LogP contribution in [0.1, 0.15) is 60.3 Å². The molecular formula is C16H23NO. The van der Waals surface area contributed by atoms with Crippen molar-refractivity contribution in [2.75, 3.05) is 13.0 Å². The number of hydrogen-bond donors (Lipinski definition) is 0. The molecule has 0 aliphatic carbocycles. The lowest BCUT2D eigenvalue weighted by atomic mass is 9.98. The molecule has 18 heavy (non-hydrogen) atoms. The standard InChI is InChI=1S/C16H23NO/c1-2-3-11-15(17-12-7-8-13-17)16(18)14-9-5-4-6-10-14/h4-6,9-10,15H,2-3,7-8,11-13H2,1H3/i7D2,8D2,12D2,13D2. The van der Waals surface area contributed by atoms with Crippen molar-refractivity contribution < 1.29 is 15.8 Å². The third-order valence-electron chi connectivity index (χ3n) is 2.92. The van der Waals surface area contributed by atoms with Crippen LogP contribution in [0, 0.1) is 0 Å². The van der Waals surface area contributed by atoms with Gasteiger partial charge in [0.05, 0.1) is 6.04 Å². The summed E-state index contributed by atoms with van der Waals surface area (Å²) in [6.07, 6.45) is -4.98. The van der Waals surface area contributed by atoms with Crippen molar-refractivity contribution in [2.45, 2.75) is 45.0 Å². The summed E-state index contributed by atoms with van der Waals surface area (Å²) in [6, 6.07) is 6.74. The Bertz CT molecular complexity index is 635. The first kappa shape index (κ1) is 6.33. The van der Waals surface area contributed by atoms with Crippen LogP contribution in [0.3, 0.4) is 0 Å². The van der Waals surface area contributed by atoms with Crippen molar-refractivity contribution in [1.82, 2.24) is 4.90 Å². The number of carbonyl (C=O) groups excluding carboxylic acids is 1. The van der Waals surface area contributed by atoms with Crippen molar-refractivity contribution >= 4 is 5.78 Å². The normalized spacial score (nSPS) is 35.6. The lowest BCUT2D eigenvalue weighted by Crippen LogP contribution is -2.39. The van der Waals surface area contributed by atoms with E-state index in [4.69, 9.17) is 11.0 Å². The van der Waals surface area contributed by atoms with Crippen LogP contribution in [-0.2, 0) is 0 Å². The van der Waals surface area contributed by atoms with Gasteiger partial charge in [0.1, 0.15) is 0 Å². The molecule has 1 saturated heterocycles. The number of carbonyl (C=O) groups is 1. The van der Waals surface area contributed by atoms with E-state index in [1.54, 1.807) is 18.2 Å². The van der Waals surface area contributed by atoms with E-state index in [-0.39, 0.29) is 12.0 Å². The number of hydrogen-bond acceptors (Lipinski definition) is 2. The summed E-state index contributed by atoms with van der Waals surface area (Å²) in [7, 11) is 0. The summed E-state index contributed by atoms with van der Waals surface area (Å²) in [6.45, 7) is -4.12. The Labute approximate surface area is 121 Å². The highest BCUT2D eigenvalue weighted by Crippen LogP contribution is 2.20. The van der Waals surface area contributed by atoms with Crippen LogP contribution in [0.15, 0.2) is 30.3 Å². The lowest BCUT2D eigenvalue weighted by Gasteiger charge is -2.26. The fourth-order valence-electron chi connectivity index (χ4n) is 1.93. The minimum Gasteiger partial charge on any atom is -0.293 e. The zero-order valence-electron chi connectivity index (χ0n) is 18.4. The number of ketones is 1. The van der Waals surface area contributed by atoms with Gasteiger partial charge in [0, 0.05) is 16.5 Å². The zero-order valence-corrected chi connectivity index (χ0v) is 10.4. The summed E-state index contributed by atoms with van der Waals surface area (Å²) >= 11 is 0. The molecule has 0 radical (unpaired) electrons. The van der Waals surface area contributed by atoms with Crippen molar-refractivity contribution in [3.63, 3.8) is 0 Å². The highest BCUT2D eigenvalue weighted by molar-refractivity contribution is 6.00. The summed E-state index contributed by atoms with van der Waals surface area (Å²) in [5.41, 5.74) is 0.258. The fourth-order valence-corrected chi connectivity index (χ4v) is 1.93. The van der Waals surface area contributed by atoms with Gasteiger partial charge >= 0.3 is 0 Å². The summed E-state index contributed by atoms with van der Waals surface area (Å²) in [5, 5.41) is 0. The summed E-state index contributed by atoms with van der Waals surface area (Å²) in [4.78, 5) is 13.5. The second-order valence-electron chi connectivity index (χ2n) is 4.23. The second-order valence-corrected chi connectivity index (χ2v) is 4.23. The van der Waals surface area contributed by atoms with Crippen molar-refractivity contribution in [3.8, 4) is 0 Å². The number of benzene rings is 1. The first-order valence-corrected chi connectivity index (χ1v) is 6.22. The van der Waals surface area contributed by atoms with Gasteiger partial charge in [0.25, 0.3) is 0 Å². The van der Waals surface area contributed by atoms with E-state index in [2.05, 4.69) is 0 Å². The van der Waals surface area contributed by atoms with Gasteiger partial charge in [-0.2, -0.15) is 0 Å². The predicted molar refractivity (Wildman–Crippen MR) is 74.9 cm³/mol. The molecule has 1 heterocycles. The average molecular weight is 253 g/mol. The van der Waals surface area contributed by atoms with Crippen LogP contribution >= 0.6 is 0 Å². The summed E-state index contributed by atoms with van der Waals surface area (Å²) in [5.74, 6) is -0.541. The zero-order chi connectivity index (χ0) is 20.0. The molecule has 1 unspecified atom stereocenters. The largest absolute Gasteiger partial charge is 0.293 e. The Kier molecular flexibility index (Phi) is 2.36. The molecular weight excluding hydrogens is 222 g/mol. The van der Waals surface area contributed by atoms with E-state index in [1.165, 1.54) is 12.1 Å². The number of rotatable bonds is 6. The Hall–Kier alpha value is -1.15. The van der Waals surface area contributed by atoms with E-state index in [1.807, 2.05) is 6.92 Å². The minimum absolute atomic E-state index is 0.107. The highest BCUT2D eigenvalue weighted by atomic mass is 16.1. The van der Waals surface area contributed by atoms with Crippen molar-refractivity contribution in [1.29, 1.82) is 0 Å². The fraction of sp³-hybridized carbons (Fsp3) is 0.562. The Balaban J connectivity index is 2.58. The molecule has 0 amide bonds. The number of Topliss-reactive ketones (excluding diaryl/α,β-unsaturated/α-hetero) is 1. The molecule has 2 heteroatoms. The van der Waals surface area contributed by atoms with Crippen LogP contribution in [0.5, 0.6) is 0 Å². The molecule has 1 aliphatic heterocycles. The van der Waals surface area contributed by atoms with Crippen LogP contribution in [-0.4, -0.2) is 29.7 Å². The maximum absolute atomic E-state index is 13.0. The lowest BCUT2D eigenvalue weighted by molar-refractivity contribution is 0.0835. The van der Waals surface area contributed by atoms with Crippen LogP contribution in [0.4, 0.5) is 0 Å². The van der Waals surface area contributed by atoms with E-state index in [0.29, 0.717) is 17.7 Å². The van der Waals surface area contributed by atoms with Crippen LogP contribution < -0.4 is 0 Å². The molecule has 2 rings (SSSR count). The SMILES string of the molecule is [2H]C1([2H])N(C(CCCC)C(=O)c2ccccc2)C([2H])([2H])C([2H])([2H])C1([2H])[2H]. The predicted octanol–water partition coefficient (Wildman–Crippen LogP) is 3.52. The van der Waals surface area contributed by atoms with Crippen LogP contribution in [0.25, 0.3) is 0 Å². The number of likely N-dealkylation sites (tertiary alicyclic amines) is 1. The van der Waals surface area contributed by atoms with Gasteiger partial charge in [-0.25, -0.2) is 0 Å². The third kappa shape index (κ3) is 3.20. The number of unbranched alkanes of at least 4 members (excludes halogenated alkanes) is 1. The van der Waals surface area contributed by atoms with Gasteiger partial charge < -0.3 is 0 Å². The maximum atomic E-state index is 13.0. The molecule has 1 atom stereocenters. The topological polar surface area (TPSA) is 20.3 Å². The van der Waals surface area contributed by atoms with E-state index < -0.39 is 37.6 Å². The molecule has 2 nitrogen and oxygen atoms in total. The molecule has 1 aromatic rings. The van der Waals surface area contributed by atoms with E-state index in [9.17, 15) is 4.79 Å².